The Morgan fingerprint density at radius 3 is 3.00 bits per heavy atom. The van der Waals surface area contributed by atoms with Crippen LogP contribution in [-0.2, 0) is 22.6 Å². The van der Waals surface area contributed by atoms with Crippen molar-refractivity contribution in [1.82, 2.24) is 9.80 Å². The summed E-state index contributed by atoms with van der Waals surface area (Å²) in [6.07, 6.45) is 0.904. The van der Waals surface area contributed by atoms with Crippen molar-refractivity contribution in [2.24, 2.45) is 0 Å². The molecular formula is C12H16N2O3S. The van der Waals surface area contributed by atoms with Crippen molar-refractivity contribution in [1.29, 1.82) is 0 Å². The highest BCUT2D eigenvalue weighted by Gasteiger charge is 2.22. The summed E-state index contributed by atoms with van der Waals surface area (Å²) >= 11 is 1.74. The van der Waals surface area contributed by atoms with Crippen LogP contribution in [0, 0.1) is 0 Å². The first-order chi connectivity index (χ1) is 8.56. The van der Waals surface area contributed by atoms with E-state index in [-0.39, 0.29) is 19.0 Å². The van der Waals surface area contributed by atoms with E-state index < -0.39 is 5.97 Å². The number of fused-ring (bicyclic) bond motifs is 1. The fourth-order valence-corrected chi connectivity index (χ4v) is 2.97. The van der Waals surface area contributed by atoms with Crippen molar-refractivity contribution in [3.05, 3.63) is 21.9 Å². The molecule has 0 bridgehead atoms. The minimum absolute atomic E-state index is 0.00407. The average molecular weight is 268 g/mol. The number of nitrogens with zero attached hydrogens (tertiary/aromatic N) is 2. The molecule has 1 amide bonds. The lowest BCUT2D eigenvalue weighted by atomic mass is 10.1. The smallest absolute Gasteiger partial charge is 0.317 e. The molecule has 0 saturated carbocycles. The SMILES string of the molecule is CN(CC(=O)O)CC(=O)N1CCc2sccc2C1. The second-order valence-electron chi connectivity index (χ2n) is 4.50. The van der Waals surface area contributed by atoms with Gasteiger partial charge in [0, 0.05) is 18.0 Å². The number of carbonyl (C=O) groups excluding carboxylic acids is 1. The van der Waals surface area contributed by atoms with E-state index >= 15 is 0 Å². The predicted octanol–water partition coefficient (Wildman–Crippen LogP) is 0.649. The Bertz CT molecular complexity index is 458. The normalized spacial score (nSPS) is 14.7. The average Bonchev–Trinajstić information content (AvgIpc) is 2.74. The van der Waals surface area contributed by atoms with Crippen LogP contribution >= 0.6 is 11.3 Å². The zero-order chi connectivity index (χ0) is 13.1. The molecule has 0 saturated heterocycles. The van der Waals surface area contributed by atoms with Gasteiger partial charge in [0.25, 0.3) is 0 Å². The van der Waals surface area contributed by atoms with Gasteiger partial charge in [0.15, 0.2) is 0 Å². The van der Waals surface area contributed by atoms with E-state index in [1.807, 2.05) is 0 Å². The second-order valence-corrected chi connectivity index (χ2v) is 5.50. The third-order valence-corrected chi connectivity index (χ3v) is 3.99. The topological polar surface area (TPSA) is 60.9 Å². The lowest BCUT2D eigenvalue weighted by molar-refractivity contribution is -0.139. The van der Waals surface area contributed by atoms with Crippen LogP contribution in [0.4, 0.5) is 0 Å². The molecule has 0 unspecified atom stereocenters. The van der Waals surface area contributed by atoms with Crippen molar-refractivity contribution >= 4 is 23.2 Å². The summed E-state index contributed by atoms with van der Waals surface area (Å²) < 4.78 is 0. The molecular weight excluding hydrogens is 252 g/mol. The quantitative estimate of drug-likeness (QED) is 0.871. The maximum absolute atomic E-state index is 12.0. The van der Waals surface area contributed by atoms with Crippen molar-refractivity contribution < 1.29 is 14.7 Å². The predicted molar refractivity (Wildman–Crippen MR) is 68.6 cm³/mol. The summed E-state index contributed by atoms with van der Waals surface area (Å²) in [5, 5.41) is 10.7. The molecule has 0 aromatic carbocycles. The summed E-state index contributed by atoms with van der Waals surface area (Å²) in [5.41, 5.74) is 1.22. The molecule has 0 fully saturated rings. The van der Waals surface area contributed by atoms with Crippen LogP contribution in [0.15, 0.2) is 11.4 Å². The summed E-state index contributed by atoms with van der Waals surface area (Å²) in [7, 11) is 1.64. The molecule has 1 aromatic rings. The Hall–Kier alpha value is -1.40. The number of amides is 1. The number of carbonyl (C=O) groups is 2. The Morgan fingerprint density at radius 2 is 2.28 bits per heavy atom. The Labute approximate surface area is 110 Å². The standard InChI is InChI=1S/C12H16N2O3S/c1-13(8-12(16)17)7-11(15)14-4-2-10-9(6-14)3-5-18-10/h3,5H,2,4,6-8H2,1H3,(H,16,17). The number of hydrogen-bond acceptors (Lipinski definition) is 4. The van der Waals surface area contributed by atoms with Gasteiger partial charge in [-0.15, -0.1) is 11.3 Å². The van der Waals surface area contributed by atoms with Gasteiger partial charge in [-0.2, -0.15) is 0 Å². The molecule has 1 aliphatic heterocycles. The maximum atomic E-state index is 12.0. The molecule has 2 rings (SSSR count). The van der Waals surface area contributed by atoms with E-state index in [4.69, 9.17) is 5.11 Å². The van der Waals surface area contributed by atoms with E-state index in [1.165, 1.54) is 15.3 Å². The third kappa shape index (κ3) is 3.08. The van der Waals surface area contributed by atoms with Crippen LogP contribution < -0.4 is 0 Å². The van der Waals surface area contributed by atoms with Gasteiger partial charge < -0.3 is 10.0 Å². The summed E-state index contributed by atoms with van der Waals surface area (Å²) in [5.74, 6) is -0.917. The van der Waals surface area contributed by atoms with E-state index in [0.717, 1.165) is 13.0 Å². The second kappa shape index (κ2) is 5.49. The Balaban J connectivity index is 1.89. The molecule has 0 spiro atoms. The fraction of sp³-hybridized carbons (Fsp3) is 0.500. The van der Waals surface area contributed by atoms with Gasteiger partial charge in [0.05, 0.1) is 13.1 Å². The zero-order valence-corrected chi connectivity index (χ0v) is 11.1. The molecule has 1 aliphatic rings. The molecule has 1 aromatic heterocycles. The number of carboxylic acid groups (broad SMARTS) is 1. The summed E-state index contributed by atoms with van der Waals surface area (Å²) in [6.45, 7) is 1.43. The fourth-order valence-electron chi connectivity index (χ4n) is 2.08. The minimum atomic E-state index is -0.913. The number of rotatable bonds is 4. The van der Waals surface area contributed by atoms with E-state index in [1.54, 1.807) is 23.3 Å². The first-order valence-electron chi connectivity index (χ1n) is 5.79. The number of hydrogen-bond donors (Lipinski definition) is 1. The number of aliphatic carboxylic acids is 1. The van der Waals surface area contributed by atoms with Crippen molar-refractivity contribution in [3.8, 4) is 0 Å². The minimum Gasteiger partial charge on any atom is -0.480 e. The van der Waals surface area contributed by atoms with Gasteiger partial charge in [-0.3, -0.25) is 14.5 Å². The largest absolute Gasteiger partial charge is 0.480 e. The van der Waals surface area contributed by atoms with Crippen LogP contribution in [0.5, 0.6) is 0 Å². The molecule has 18 heavy (non-hydrogen) atoms. The van der Waals surface area contributed by atoms with Gasteiger partial charge in [0.1, 0.15) is 0 Å². The zero-order valence-electron chi connectivity index (χ0n) is 10.3. The Morgan fingerprint density at radius 1 is 1.50 bits per heavy atom. The lowest BCUT2D eigenvalue weighted by Gasteiger charge is -2.28. The van der Waals surface area contributed by atoms with Crippen LogP contribution in [0.1, 0.15) is 10.4 Å². The molecule has 2 heterocycles. The van der Waals surface area contributed by atoms with Gasteiger partial charge in [-0.1, -0.05) is 0 Å². The van der Waals surface area contributed by atoms with Gasteiger partial charge in [0.2, 0.25) is 5.91 Å². The van der Waals surface area contributed by atoms with Crippen molar-refractivity contribution in [2.75, 3.05) is 26.7 Å². The molecule has 1 N–H and O–H groups in total. The third-order valence-electron chi connectivity index (χ3n) is 2.97. The van der Waals surface area contributed by atoms with Crippen molar-refractivity contribution in [2.45, 2.75) is 13.0 Å². The van der Waals surface area contributed by atoms with Crippen LogP contribution in [0.25, 0.3) is 0 Å². The molecule has 6 heteroatoms. The van der Waals surface area contributed by atoms with Crippen LogP contribution in [0.2, 0.25) is 0 Å². The van der Waals surface area contributed by atoms with Crippen LogP contribution in [0.3, 0.4) is 0 Å². The summed E-state index contributed by atoms with van der Waals surface area (Å²) in [6, 6.07) is 2.06. The molecule has 0 aliphatic carbocycles. The van der Waals surface area contributed by atoms with Crippen LogP contribution in [-0.4, -0.2) is 53.5 Å². The summed E-state index contributed by atoms with van der Waals surface area (Å²) in [4.78, 5) is 27.2. The molecule has 98 valence electrons. The maximum Gasteiger partial charge on any atom is 0.317 e. The molecule has 0 atom stereocenters. The molecule has 5 nitrogen and oxygen atoms in total. The number of likely N-dealkylation sites (N-methyl/N-ethyl adjacent to an activating group) is 1. The first-order valence-corrected chi connectivity index (χ1v) is 6.67. The lowest BCUT2D eigenvalue weighted by Crippen LogP contribution is -2.42. The first kappa shape index (κ1) is 13.0. The van der Waals surface area contributed by atoms with Crippen molar-refractivity contribution in [3.63, 3.8) is 0 Å². The number of thiophene rings is 1. The monoisotopic (exact) mass is 268 g/mol. The van der Waals surface area contributed by atoms with Gasteiger partial charge >= 0.3 is 5.97 Å². The van der Waals surface area contributed by atoms with E-state index in [2.05, 4.69) is 11.4 Å². The highest BCUT2D eigenvalue weighted by atomic mass is 32.1. The van der Waals surface area contributed by atoms with Gasteiger partial charge in [-0.25, -0.2) is 0 Å². The molecule has 0 radical (unpaired) electrons. The van der Waals surface area contributed by atoms with E-state index in [9.17, 15) is 9.59 Å². The highest BCUT2D eigenvalue weighted by Crippen LogP contribution is 2.23. The number of carboxylic acids is 1. The Kier molecular flexibility index (Phi) is 3.98. The van der Waals surface area contributed by atoms with E-state index in [0.29, 0.717) is 6.54 Å². The highest BCUT2D eigenvalue weighted by molar-refractivity contribution is 7.10. The van der Waals surface area contributed by atoms with Gasteiger partial charge in [-0.05, 0) is 30.5 Å².